The van der Waals surface area contributed by atoms with Gasteiger partial charge >= 0.3 is 0 Å². The highest BCUT2D eigenvalue weighted by Gasteiger charge is 2.21. The molecular weight excluding hydrogens is 216 g/mol. The molecule has 0 saturated carbocycles. The van der Waals surface area contributed by atoms with Crippen molar-refractivity contribution in [3.8, 4) is 0 Å². The zero-order chi connectivity index (χ0) is 11.7. The molecule has 2 unspecified atom stereocenters. The number of aliphatic hydroxyl groups excluding tert-OH is 1. The van der Waals surface area contributed by atoms with Crippen LogP contribution in [0.1, 0.15) is 30.9 Å². The molecule has 0 radical (unpaired) electrons. The molecule has 1 aromatic heterocycles. The van der Waals surface area contributed by atoms with Gasteiger partial charge in [0.2, 0.25) is 0 Å². The first kappa shape index (κ1) is 11.2. The van der Waals surface area contributed by atoms with Gasteiger partial charge in [0.05, 0.1) is 12.6 Å². The Balaban J connectivity index is 1.67. The molecule has 1 aromatic rings. The number of rotatable bonds is 2. The van der Waals surface area contributed by atoms with E-state index in [4.69, 9.17) is 0 Å². The molecule has 0 aliphatic carbocycles. The normalized spacial score (nSPS) is 29.0. The van der Waals surface area contributed by atoms with Crippen LogP contribution in [0.5, 0.6) is 0 Å². The zero-order valence-electron chi connectivity index (χ0n) is 10.1. The minimum absolute atomic E-state index is 0.242. The van der Waals surface area contributed by atoms with E-state index in [9.17, 15) is 5.11 Å². The maximum Gasteiger partial charge on any atom is 0.151 e. The van der Waals surface area contributed by atoms with Crippen LogP contribution in [-0.2, 0) is 19.4 Å². The Morgan fingerprint density at radius 3 is 3.18 bits per heavy atom. The smallest absolute Gasteiger partial charge is 0.151 e. The molecule has 2 aliphatic heterocycles. The molecular formula is C12H20N4O. The highest BCUT2D eigenvalue weighted by molar-refractivity contribution is 4.98. The first-order chi connectivity index (χ1) is 8.31. The van der Waals surface area contributed by atoms with Crippen molar-refractivity contribution in [1.29, 1.82) is 0 Å². The lowest BCUT2D eigenvalue weighted by atomic mass is 9.96. The van der Waals surface area contributed by atoms with Crippen molar-refractivity contribution in [2.24, 2.45) is 5.92 Å². The number of hydrogen-bond donors (Lipinski definition) is 2. The average Bonchev–Trinajstić information content (AvgIpc) is 2.71. The molecule has 17 heavy (non-hydrogen) atoms. The maximum atomic E-state index is 9.59. The molecule has 5 heteroatoms. The van der Waals surface area contributed by atoms with Gasteiger partial charge in [-0.1, -0.05) is 0 Å². The molecule has 3 heterocycles. The predicted molar refractivity (Wildman–Crippen MR) is 63.6 cm³/mol. The summed E-state index contributed by atoms with van der Waals surface area (Å²) in [5.41, 5.74) is 0. The Morgan fingerprint density at radius 2 is 2.35 bits per heavy atom. The zero-order valence-corrected chi connectivity index (χ0v) is 10.1. The molecule has 0 spiro atoms. The Kier molecular flexibility index (Phi) is 3.11. The third-order valence-electron chi connectivity index (χ3n) is 3.75. The number of hydrogen-bond acceptors (Lipinski definition) is 4. The fourth-order valence-corrected chi connectivity index (χ4v) is 2.79. The molecule has 94 valence electrons. The summed E-state index contributed by atoms with van der Waals surface area (Å²) in [6.07, 6.45) is 4.95. The van der Waals surface area contributed by atoms with E-state index in [0.29, 0.717) is 12.5 Å². The molecule has 0 amide bonds. The second kappa shape index (κ2) is 4.74. The van der Waals surface area contributed by atoms with Crippen LogP contribution in [0.15, 0.2) is 0 Å². The van der Waals surface area contributed by atoms with Crippen LogP contribution >= 0.6 is 0 Å². The van der Waals surface area contributed by atoms with E-state index in [1.807, 2.05) is 4.68 Å². The Morgan fingerprint density at radius 1 is 1.41 bits per heavy atom. The van der Waals surface area contributed by atoms with Crippen molar-refractivity contribution in [3.63, 3.8) is 0 Å². The number of nitrogens with zero attached hydrogens (tertiary/aromatic N) is 3. The SMILES string of the molecule is OC1CCc2nc(CC3CCCNC3)nn2C1. The molecule has 2 aliphatic rings. The predicted octanol–water partition coefficient (Wildman–Crippen LogP) is 0.127. The van der Waals surface area contributed by atoms with Crippen molar-refractivity contribution in [2.45, 2.75) is 44.8 Å². The number of fused-ring (bicyclic) bond motifs is 1. The average molecular weight is 236 g/mol. The fraction of sp³-hybridized carbons (Fsp3) is 0.833. The summed E-state index contributed by atoms with van der Waals surface area (Å²) in [4.78, 5) is 4.59. The first-order valence-electron chi connectivity index (χ1n) is 6.62. The van der Waals surface area contributed by atoms with Gasteiger partial charge in [0.1, 0.15) is 5.82 Å². The van der Waals surface area contributed by atoms with Crippen LogP contribution < -0.4 is 5.32 Å². The van der Waals surface area contributed by atoms with Gasteiger partial charge in [-0.25, -0.2) is 9.67 Å². The Bertz CT molecular complexity index is 384. The van der Waals surface area contributed by atoms with Gasteiger partial charge < -0.3 is 10.4 Å². The summed E-state index contributed by atoms with van der Waals surface area (Å²) in [6.45, 7) is 2.85. The van der Waals surface area contributed by atoms with Crippen molar-refractivity contribution in [3.05, 3.63) is 11.6 Å². The maximum absolute atomic E-state index is 9.59. The van der Waals surface area contributed by atoms with Crippen LogP contribution in [-0.4, -0.2) is 39.1 Å². The Hall–Kier alpha value is -0.940. The molecule has 0 bridgehead atoms. The molecule has 2 N–H and O–H groups in total. The van der Waals surface area contributed by atoms with E-state index >= 15 is 0 Å². The highest BCUT2D eigenvalue weighted by Crippen LogP contribution is 2.17. The molecule has 5 nitrogen and oxygen atoms in total. The number of piperidine rings is 1. The second-order valence-electron chi connectivity index (χ2n) is 5.24. The van der Waals surface area contributed by atoms with Crippen molar-refractivity contribution in [2.75, 3.05) is 13.1 Å². The van der Waals surface area contributed by atoms with Gasteiger partial charge in [-0.3, -0.25) is 0 Å². The highest BCUT2D eigenvalue weighted by atomic mass is 16.3. The van der Waals surface area contributed by atoms with Gasteiger partial charge in [-0.2, -0.15) is 5.10 Å². The molecule has 2 atom stereocenters. The summed E-state index contributed by atoms with van der Waals surface area (Å²) in [5.74, 6) is 2.69. The topological polar surface area (TPSA) is 63.0 Å². The van der Waals surface area contributed by atoms with Crippen LogP contribution in [0.2, 0.25) is 0 Å². The lowest BCUT2D eigenvalue weighted by Gasteiger charge is -2.21. The third kappa shape index (κ3) is 2.50. The van der Waals surface area contributed by atoms with E-state index in [1.165, 1.54) is 12.8 Å². The fourth-order valence-electron chi connectivity index (χ4n) is 2.79. The number of nitrogens with one attached hydrogen (secondary N) is 1. The molecule has 1 fully saturated rings. The van der Waals surface area contributed by atoms with E-state index in [1.54, 1.807) is 0 Å². The number of aryl methyl sites for hydroxylation is 1. The lowest BCUT2D eigenvalue weighted by Crippen LogP contribution is -2.31. The standard InChI is InChI=1S/C12H20N4O/c17-10-3-4-12-14-11(15-16(12)8-10)6-9-2-1-5-13-7-9/h9-10,13,17H,1-8H2. The van der Waals surface area contributed by atoms with Gasteiger partial charge in [0.15, 0.2) is 5.82 Å². The van der Waals surface area contributed by atoms with Gasteiger partial charge in [0.25, 0.3) is 0 Å². The molecule has 1 saturated heterocycles. The van der Waals surface area contributed by atoms with Crippen LogP contribution in [0.4, 0.5) is 0 Å². The van der Waals surface area contributed by atoms with E-state index in [0.717, 1.165) is 44.0 Å². The summed E-state index contributed by atoms with van der Waals surface area (Å²) < 4.78 is 1.89. The minimum atomic E-state index is -0.242. The molecule has 0 aromatic carbocycles. The monoisotopic (exact) mass is 236 g/mol. The first-order valence-corrected chi connectivity index (χ1v) is 6.62. The molecule has 3 rings (SSSR count). The number of aromatic nitrogens is 3. The number of aliphatic hydroxyl groups is 1. The second-order valence-corrected chi connectivity index (χ2v) is 5.24. The van der Waals surface area contributed by atoms with Gasteiger partial charge in [0, 0.05) is 12.8 Å². The van der Waals surface area contributed by atoms with Crippen LogP contribution in [0.3, 0.4) is 0 Å². The quantitative estimate of drug-likeness (QED) is 0.766. The summed E-state index contributed by atoms with van der Waals surface area (Å²) in [7, 11) is 0. The third-order valence-corrected chi connectivity index (χ3v) is 3.75. The summed E-state index contributed by atoms with van der Waals surface area (Å²) in [5, 5.41) is 17.5. The summed E-state index contributed by atoms with van der Waals surface area (Å²) in [6, 6.07) is 0. The minimum Gasteiger partial charge on any atom is -0.391 e. The van der Waals surface area contributed by atoms with Gasteiger partial charge in [-0.05, 0) is 38.3 Å². The summed E-state index contributed by atoms with van der Waals surface area (Å²) >= 11 is 0. The van der Waals surface area contributed by atoms with Crippen molar-refractivity contribution < 1.29 is 5.11 Å². The van der Waals surface area contributed by atoms with Gasteiger partial charge in [-0.15, -0.1) is 0 Å². The van der Waals surface area contributed by atoms with E-state index < -0.39 is 0 Å². The van der Waals surface area contributed by atoms with Crippen LogP contribution in [0, 0.1) is 5.92 Å². The van der Waals surface area contributed by atoms with E-state index in [2.05, 4.69) is 15.4 Å². The van der Waals surface area contributed by atoms with Crippen molar-refractivity contribution >= 4 is 0 Å². The largest absolute Gasteiger partial charge is 0.391 e. The van der Waals surface area contributed by atoms with Crippen molar-refractivity contribution in [1.82, 2.24) is 20.1 Å². The van der Waals surface area contributed by atoms with E-state index in [-0.39, 0.29) is 6.10 Å². The van der Waals surface area contributed by atoms with Crippen LogP contribution in [0.25, 0.3) is 0 Å². The lowest BCUT2D eigenvalue weighted by molar-refractivity contribution is 0.124. The Labute approximate surface area is 101 Å².